The van der Waals surface area contributed by atoms with E-state index in [2.05, 4.69) is 5.32 Å². The summed E-state index contributed by atoms with van der Waals surface area (Å²) in [7, 11) is 1.33. The third-order valence-electron chi connectivity index (χ3n) is 3.94. The molecule has 1 amide bonds. The molecule has 0 unspecified atom stereocenters. The maximum Gasteiger partial charge on any atom is 0.321 e. The number of hydrogen-bond acceptors (Lipinski definition) is 3. The predicted molar refractivity (Wildman–Crippen MR) is 72.8 cm³/mol. The summed E-state index contributed by atoms with van der Waals surface area (Å²) in [5.41, 5.74) is 1.80. The van der Waals surface area contributed by atoms with Gasteiger partial charge in [-0.25, -0.2) is 0 Å². The monoisotopic (exact) mass is 261 g/mol. The van der Waals surface area contributed by atoms with Crippen molar-refractivity contribution in [3.63, 3.8) is 0 Å². The highest BCUT2D eigenvalue weighted by molar-refractivity contribution is 6.10. The Bertz CT molecular complexity index is 498. The van der Waals surface area contributed by atoms with Crippen LogP contribution in [0.25, 0.3) is 0 Å². The van der Waals surface area contributed by atoms with Crippen molar-refractivity contribution in [3.05, 3.63) is 29.3 Å². The Labute approximate surface area is 113 Å². The van der Waals surface area contributed by atoms with Gasteiger partial charge in [0.2, 0.25) is 5.91 Å². The molecule has 1 aliphatic carbocycles. The Morgan fingerprint density at radius 2 is 1.79 bits per heavy atom. The smallest absolute Gasteiger partial charge is 0.321 e. The standard InChI is InChI=1S/C15H19NO3/c1-10-6-4-7-11(2)12(10)16-13(17)15(8-5-9-15)14(18)19-3/h4,6-7H,5,8-9H2,1-3H3,(H,16,17). The van der Waals surface area contributed by atoms with Crippen LogP contribution in [0, 0.1) is 19.3 Å². The number of para-hydroxylation sites is 1. The third-order valence-corrected chi connectivity index (χ3v) is 3.94. The topological polar surface area (TPSA) is 55.4 Å². The highest BCUT2D eigenvalue weighted by Gasteiger charge is 2.52. The Kier molecular flexibility index (Phi) is 3.60. The molecule has 102 valence electrons. The minimum atomic E-state index is -0.983. The van der Waals surface area contributed by atoms with Crippen LogP contribution in [0.2, 0.25) is 0 Å². The lowest BCUT2D eigenvalue weighted by molar-refractivity contribution is -0.163. The van der Waals surface area contributed by atoms with Crippen molar-refractivity contribution in [1.82, 2.24) is 0 Å². The molecular weight excluding hydrogens is 242 g/mol. The second-order valence-electron chi connectivity index (χ2n) is 5.15. The van der Waals surface area contributed by atoms with Crippen molar-refractivity contribution in [2.45, 2.75) is 33.1 Å². The highest BCUT2D eigenvalue weighted by atomic mass is 16.5. The van der Waals surface area contributed by atoms with E-state index in [9.17, 15) is 9.59 Å². The van der Waals surface area contributed by atoms with Crippen LogP contribution in [0.3, 0.4) is 0 Å². The molecule has 1 aromatic carbocycles. The van der Waals surface area contributed by atoms with E-state index >= 15 is 0 Å². The third kappa shape index (κ3) is 2.23. The maximum absolute atomic E-state index is 12.4. The SMILES string of the molecule is COC(=O)C1(C(=O)Nc2c(C)cccc2C)CCC1. The second kappa shape index (κ2) is 5.03. The zero-order valence-corrected chi connectivity index (χ0v) is 11.6. The summed E-state index contributed by atoms with van der Waals surface area (Å²) in [6, 6.07) is 5.82. The molecule has 0 atom stereocenters. The largest absolute Gasteiger partial charge is 0.468 e. The van der Waals surface area contributed by atoms with Crippen LogP contribution >= 0.6 is 0 Å². The maximum atomic E-state index is 12.4. The van der Waals surface area contributed by atoms with Crippen LogP contribution in [-0.2, 0) is 14.3 Å². The molecule has 1 saturated carbocycles. The minimum absolute atomic E-state index is 0.247. The number of hydrogen-bond donors (Lipinski definition) is 1. The van der Waals surface area contributed by atoms with E-state index in [0.717, 1.165) is 23.2 Å². The molecule has 1 aromatic rings. The van der Waals surface area contributed by atoms with Crippen molar-refractivity contribution in [3.8, 4) is 0 Å². The average Bonchev–Trinajstić information content (AvgIpc) is 2.32. The van der Waals surface area contributed by atoms with Crippen molar-refractivity contribution in [1.29, 1.82) is 0 Å². The summed E-state index contributed by atoms with van der Waals surface area (Å²) in [5, 5.41) is 2.90. The fourth-order valence-corrected chi connectivity index (χ4v) is 2.49. The zero-order valence-electron chi connectivity index (χ0n) is 11.6. The number of benzene rings is 1. The first-order chi connectivity index (χ1) is 9.01. The van der Waals surface area contributed by atoms with Gasteiger partial charge in [-0.15, -0.1) is 0 Å². The van der Waals surface area contributed by atoms with E-state index in [-0.39, 0.29) is 5.91 Å². The molecule has 1 fully saturated rings. The van der Waals surface area contributed by atoms with Gasteiger partial charge in [-0.3, -0.25) is 9.59 Å². The fourth-order valence-electron chi connectivity index (χ4n) is 2.49. The fraction of sp³-hybridized carbons (Fsp3) is 0.467. The van der Waals surface area contributed by atoms with Gasteiger partial charge in [-0.1, -0.05) is 24.6 Å². The van der Waals surface area contributed by atoms with Gasteiger partial charge < -0.3 is 10.1 Å². The summed E-state index contributed by atoms with van der Waals surface area (Å²) < 4.78 is 4.78. The van der Waals surface area contributed by atoms with E-state index in [1.807, 2.05) is 32.0 Å². The van der Waals surface area contributed by atoms with E-state index in [1.165, 1.54) is 7.11 Å². The van der Waals surface area contributed by atoms with Crippen LogP contribution in [0.15, 0.2) is 18.2 Å². The number of carbonyl (C=O) groups is 2. The molecule has 19 heavy (non-hydrogen) atoms. The molecule has 4 heteroatoms. The van der Waals surface area contributed by atoms with Gasteiger partial charge in [0.15, 0.2) is 0 Å². The molecule has 4 nitrogen and oxygen atoms in total. The van der Waals surface area contributed by atoms with Gasteiger partial charge in [0.25, 0.3) is 0 Å². The number of ether oxygens (including phenoxy) is 1. The van der Waals surface area contributed by atoms with Crippen molar-refractivity contribution in [2.24, 2.45) is 5.41 Å². The summed E-state index contributed by atoms with van der Waals surface area (Å²) in [6.07, 6.45) is 2.02. The molecule has 0 spiro atoms. The van der Waals surface area contributed by atoms with E-state index in [0.29, 0.717) is 12.8 Å². The second-order valence-corrected chi connectivity index (χ2v) is 5.15. The number of methoxy groups -OCH3 is 1. The van der Waals surface area contributed by atoms with Crippen LogP contribution in [0.4, 0.5) is 5.69 Å². The van der Waals surface area contributed by atoms with Gasteiger partial charge in [0, 0.05) is 5.69 Å². The molecule has 0 heterocycles. The number of carbonyl (C=O) groups excluding carboxylic acids is 2. The van der Waals surface area contributed by atoms with Gasteiger partial charge >= 0.3 is 5.97 Å². The summed E-state index contributed by atoms with van der Waals surface area (Å²) >= 11 is 0. The quantitative estimate of drug-likeness (QED) is 0.672. The van der Waals surface area contributed by atoms with Gasteiger partial charge in [-0.05, 0) is 37.8 Å². The normalized spacial score (nSPS) is 16.4. The molecular formula is C15H19NO3. The minimum Gasteiger partial charge on any atom is -0.468 e. The molecule has 2 rings (SSSR count). The number of nitrogens with one attached hydrogen (secondary N) is 1. The Hall–Kier alpha value is -1.84. The summed E-state index contributed by atoms with van der Waals surface area (Å²) in [5.74, 6) is -0.675. The molecule has 0 bridgehead atoms. The van der Waals surface area contributed by atoms with E-state index in [1.54, 1.807) is 0 Å². The Morgan fingerprint density at radius 3 is 2.21 bits per heavy atom. The predicted octanol–water partition coefficient (Wildman–Crippen LogP) is 2.59. The van der Waals surface area contributed by atoms with Crippen LogP contribution in [0.5, 0.6) is 0 Å². The van der Waals surface area contributed by atoms with E-state index < -0.39 is 11.4 Å². The molecule has 1 aliphatic rings. The number of amides is 1. The molecule has 1 N–H and O–H groups in total. The van der Waals surface area contributed by atoms with Crippen LogP contribution in [-0.4, -0.2) is 19.0 Å². The molecule has 0 aliphatic heterocycles. The van der Waals surface area contributed by atoms with Gasteiger partial charge in [0.1, 0.15) is 5.41 Å². The first-order valence-corrected chi connectivity index (χ1v) is 6.47. The van der Waals surface area contributed by atoms with Gasteiger partial charge in [0.05, 0.1) is 7.11 Å². The lowest BCUT2D eigenvalue weighted by Crippen LogP contribution is -2.49. The zero-order chi connectivity index (χ0) is 14.0. The van der Waals surface area contributed by atoms with Crippen LogP contribution < -0.4 is 5.32 Å². The summed E-state index contributed by atoms with van der Waals surface area (Å²) in [6.45, 7) is 3.88. The lowest BCUT2D eigenvalue weighted by atomic mass is 9.68. The van der Waals surface area contributed by atoms with E-state index in [4.69, 9.17) is 4.74 Å². The van der Waals surface area contributed by atoms with Crippen LogP contribution in [0.1, 0.15) is 30.4 Å². The Morgan fingerprint density at radius 1 is 1.21 bits per heavy atom. The average molecular weight is 261 g/mol. The first kappa shape index (κ1) is 13.6. The van der Waals surface area contributed by atoms with Crippen molar-refractivity contribution in [2.75, 3.05) is 12.4 Å². The van der Waals surface area contributed by atoms with Gasteiger partial charge in [-0.2, -0.15) is 0 Å². The number of anilines is 1. The lowest BCUT2D eigenvalue weighted by Gasteiger charge is -2.37. The van der Waals surface area contributed by atoms with Crippen molar-refractivity contribution < 1.29 is 14.3 Å². The highest BCUT2D eigenvalue weighted by Crippen LogP contribution is 2.43. The first-order valence-electron chi connectivity index (χ1n) is 6.47. The number of esters is 1. The molecule has 0 saturated heterocycles. The molecule has 0 radical (unpaired) electrons. The van der Waals surface area contributed by atoms with Crippen molar-refractivity contribution >= 4 is 17.6 Å². The Balaban J connectivity index is 2.24. The number of aryl methyl sites for hydroxylation is 2. The number of rotatable bonds is 3. The molecule has 0 aromatic heterocycles. The summed E-state index contributed by atoms with van der Waals surface area (Å²) in [4.78, 5) is 24.2.